The third-order valence-electron chi connectivity index (χ3n) is 1.57. The quantitative estimate of drug-likeness (QED) is 0.411. The highest BCUT2D eigenvalue weighted by Crippen LogP contribution is 1.94. The van der Waals surface area contributed by atoms with Gasteiger partial charge in [0, 0.05) is 12.5 Å². The van der Waals surface area contributed by atoms with E-state index in [4.69, 9.17) is 0 Å². The fourth-order valence-corrected chi connectivity index (χ4v) is 0.863. The van der Waals surface area contributed by atoms with Crippen molar-refractivity contribution in [3.63, 3.8) is 0 Å². The van der Waals surface area contributed by atoms with Crippen LogP contribution in [0.2, 0.25) is 0 Å². The van der Waals surface area contributed by atoms with Gasteiger partial charge in [-0.3, -0.25) is 4.79 Å². The van der Waals surface area contributed by atoms with Crippen molar-refractivity contribution in [2.24, 2.45) is 0 Å². The summed E-state index contributed by atoms with van der Waals surface area (Å²) in [5.74, 6) is 3.98. The molecule has 0 amide bonds. The van der Waals surface area contributed by atoms with E-state index in [0.717, 1.165) is 12.5 Å². The first-order valence-corrected chi connectivity index (χ1v) is 4.42. The molecule has 0 aliphatic rings. The lowest BCUT2D eigenvalue weighted by Gasteiger charge is -1.94. The average Bonchev–Trinajstić information content (AvgIpc) is 2.25. The highest BCUT2D eigenvalue weighted by Gasteiger charge is 2.06. The number of carbonyl (C=O) groups is 2. The molecule has 1 rings (SSSR count). The molecule has 0 N–H and O–H groups in total. The maximum absolute atomic E-state index is 10.7. The fourth-order valence-electron chi connectivity index (χ4n) is 0.863. The van der Waals surface area contributed by atoms with Gasteiger partial charge >= 0.3 is 5.97 Å². The van der Waals surface area contributed by atoms with Gasteiger partial charge in [-0.15, -0.1) is 0 Å². The molecule has 0 heterocycles. The minimum absolute atomic E-state index is 0.0622. The topological polar surface area (TPSA) is 43.4 Å². The highest BCUT2D eigenvalue weighted by atomic mass is 16.5. The van der Waals surface area contributed by atoms with E-state index in [1.165, 1.54) is 0 Å². The van der Waals surface area contributed by atoms with E-state index in [-0.39, 0.29) is 6.61 Å². The Morgan fingerprint density at radius 2 is 1.93 bits per heavy atom. The van der Waals surface area contributed by atoms with Gasteiger partial charge in [0.2, 0.25) is 5.78 Å². The summed E-state index contributed by atoms with van der Waals surface area (Å²) < 4.78 is 4.56. The van der Waals surface area contributed by atoms with E-state index in [9.17, 15) is 9.59 Å². The summed E-state index contributed by atoms with van der Waals surface area (Å²) in [6, 6.07) is 9.32. The first-order chi connectivity index (χ1) is 7.20. The van der Waals surface area contributed by atoms with Crippen molar-refractivity contribution < 1.29 is 14.3 Å². The molecule has 0 saturated carbocycles. The van der Waals surface area contributed by atoms with Crippen LogP contribution < -0.4 is 0 Å². The molecule has 0 aliphatic heterocycles. The second kappa shape index (κ2) is 5.61. The van der Waals surface area contributed by atoms with E-state index < -0.39 is 11.8 Å². The first kappa shape index (κ1) is 11.0. The van der Waals surface area contributed by atoms with Crippen LogP contribution >= 0.6 is 0 Å². The Balaban J connectivity index is 2.42. The lowest BCUT2D eigenvalue weighted by Crippen LogP contribution is -2.13. The van der Waals surface area contributed by atoms with Crippen LogP contribution in [0.1, 0.15) is 12.5 Å². The zero-order chi connectivity index (χ0) is 11.1. The largest absolute Gasteiger partial charge is 0.447 e. The lowest BCUT2D eigenvalue weighted by molar-refractivity contribution is -0.151. The lowest BCUT2D eigenvalue weighted by atomic mass is 10.2. The molecule has 15 heavy (non-hydrogen) atoms. The van der Waals surface area contributed by atoms with E-state index in [1.807, 2.05) is 30.3 Å². The van der Waals surface area contributed by atoms with E-state index in [0.29, 0.717) is 0 Å². The number of carbonyl (C=O) groups excluding carboxylic acids is 2. The second-order valence-corrected chi connectivity index (χ2v) is 2.80. The number of esters is 1. The van der Waals surface area contributed by atoms with Crippen molar-refractivity contribution >= 4 is 11.8 Å². The molecule has 1 aromatic carbocycles. The zero-order valence-corrected chi connectivity index (χ0v) is 8.32. The molecular formula is C12H10O3. The Labute approximate surface area is 88.1 Å². The number of rotatable bonds is 2. The Morgan fingerprint density at radius 1 is 1.27 bits per heavy atom. The van der Waals surface area contributed by atoms with Crippen molar-refractivity contribution in [1.82, 2.24) is 0 Å². The zero-order valence-electron chi connectivity index (χ0n) is 8.32. The molecule has 1 aromatic rings. The summed E-state index contributed by atoms with van der Waals surface area (Å²) in [6.45, 7) is 1.10. The normalized spacial score (nSPS) is 8.60. The number of hydrogen-bond donors (Lipinski definition) is 0. The Bertz CT molecular complexity index is 409. The molecule has 0 spiro atoms. The molecule has 0 unspecified atom stereocenters. The van der Waals surface area contributed by atoms with Crippen LogP contribution in [-0.2, 0) is 14.3 Å². The predicted molar refractivity (Wildman–Crippen MR) is 55.0 cm³/mol. The summed E-state index contributed by atoms with van der Waals surface area (Å²) >= 11 is 0. The molecule has 3 nitrogen and oxygen atoms in total. The van der Waals surface area contributed by atoms with Crippen molar-refractivity contribution in [2.75, 3.05) is 6.61 Å². The smallest absolute Gasteiger partial charge is 0.375 e. The van der Waals surface area contributed by atoms with Gasteiger partial charge in [-0.2, -0.15) is 0 Å². The van der Waals surface area contributed by atoms with Crippen molar-refractivity contribution in [3.8, 4) is 11.8 Å². The van der Waals surface area contributed by atoms with E-state index in [2.05, 4.69) is 16.6 Å². The minimum Gasteiger partial charge on any atom is -0.447 e. The first-order valence-electron chi connectivity index (χ1n) is 4.42. The predicted octanol–water partition coefficient (Wildman–Crippen LogP) is 1.17. The van der Waals surface area contributed by atoms with Crippen LogP contribution in [0.4, 0.5) is 0 Å². The standard InChI is InChI=1S/C12H10O3/c1-10(13)12(14)15-9-5-8-11-6-3-2-4-7-11/h2-4,6-7H,9H2,1H3. The number of hydrogen-bond acceptors (Lipinski definition) is 3. The molecule has 3 heteroatoms. The van der Waals surface area contributed by atoms with Gasteiger partial charge in [0.1, 0.15) is 0 Å². The number of ether oxygens (including phenoxy) is 1. The molecule has 0 bridgehead atoms. The van der Waals surface area contributed by atoms with Crippen LogP contribution in [0.3, 0.4) is 0 Å². The molecule has 0 fully saturated rings. The van der Waals surface area contributed by atoms with E-state index in [1.54, 1.807) is 0 Å². The molecule has 0 aliphatic carbocycles. The molecule has 0 aromatic heterocycles. The minimum atomic E-state index is -0.850. The maximum Gasteiger partial charge on any atom is 0.375 e. The van der Waals surface area contributed by atoms with Crippen LogP contribution in [0, 0.1) is 11.8 Å². The molecule has 0 radical (unpaired) electrons. The van der Waals surface area contributed by atoms with Crippen molar-refractivity contribution in [2.45, 2.75) is 6.92 Å². The fraction of sp³-hybridized carbons (Fsp3) is 0.167. The Morgan fingerprint density at radius 3 is 2.53 bits per heavy atom. The summed E-state index contributed by atoms with van der Waals surface area (Å²) in [7, 11) is 0. The number of Topliss-reactive ketones (excluding diaryl/α,β-unsaturated/α-hetero) is 1. The molecule has 76 valence electrons. The van der Waals surface area contributed by atoms with E-state index >= 15 is 0 Å². The summed E-state index contributed by atoms with van der Waals surface area (Å²) in [5, 5.41) is 0. The van der Waals surface area contributed by atoms with Gasteiger partial charge in [0.25, 0.3) is 0 Å². The van der Waals surface area contributed by atoms with Gasteiger partial charge in [0.05, 0.1) is 0 Å². The maximum atomic E-state index is 10.7. The van der Waals surface area contributed by atoms with Crippen LogP contribution in [0.25, 0.3) is 0 Å². The summed E-state index contributed by atoms with van der Waals surface area (Å²) in [4.78, 5) is 21.2. The van der Waals surface area contributed by atoms with Gasteiger partial charge in [-0.1, -0.05) is 30.0 Å². The molecule has 0 atom stereocenters. The van der Waals surface area contributed by atoms with Gasteiger partial charge in [-0.05, 0) is 12.1 Å². The number of ketones is 1. The molecular weight excluding hydrogens is 192 g/mol. The summed E-state index contributed by atoms with van der Waals surface area (Å²) in [6.07, 6.45) is 0. The molecule has 0 saturated heterocycles. The van der Waals surface area contributed by atoms with Crippen molar-refractivity contribution in [1.29, 1.82) is 0 Å². The third-order valence-corrected chi connectivity index (χ3v) is 1.57. The second-order valence-electron chi connectivity index (χ2n) is 2.80. The number of benzene rings is 1. The van der Waals surface area contributed by atoms with Gasteiger partial charge in [0.15, 0.2) is 6.61 Å². The Kier molecular flexibility index (Phi) is 4.11. The average molecular weight is 202 g/mol. The van der Waals surface area contributed by atoms with Crippen LogP contribution in [-0.4, -0.2) is 18.4 Å². The van der Waals surface area contributed by atoms with Crippen LogP contribution in [0.5, 0.6) is 0 Å². The van der Waals surface area contributed by atoms with Gasteiger partial charge in [-0.25, -0.2) is 4.79 Å². The highest BCUT2D eigenvalue weighted by molar-refractivity contribution is 6.32. The van der Waals surface area contributed by atoms with Crippen molar-refractivity contribution in [3.05, 3.63) is 35.9 Å². The third kappa shape index (κ3) is 4.10. The Hall–Kier alpha value is -2.08. The monoisotopic (exact) mass is 202 g/mol. The van der Waals surface area contributed by atoms with Crippen LogP contribution in [0.15, 0.2) is 30.3 Å². The summed E-state index contributed by atoms with van der Waals surface area (Å²) in [5.41, 5.74) is 0.844. The SMILES string of the molecule is CC(=O)C(=O)OCC#Cc1ccccc1. The van der Waals surface area contributed by atoms with Gasteiger partial charge < -0.3 is 4.74 Å².